The van der Waals surface area contributed by atoms with Crippen LogP contribution in [-0.4, -0.2) is 16.2 Å². The average Bonchev–Trinajstić information content (AvgIpc) is 2.64. The summed E-state index contributed by atoms with van der Waals surface area (Å²) in [7, 11) is 0. The fourth-order valence-corrected chi connectivity index (χ4v) is 1.52. The second-order valence-corrected chi connectivity index (χ2v) is 3.57. The number of aryl methyl sites for hydroxylation is 1. The molecule has 0 aliphatic carbocycles. The molecular weight excluding hydrogens is 227 g/mol. The van der Waals surface area contributed by atoms with Gasteiger partial charge in [-0.05, 0) is 24.6 Å². The van der Waals surface area contributed by atoms with Gasteiger partial charge in [0.2, 0.25) is 0 Å². The van der Waals surface area contributed by atoms with E-state index in [2.05, 4.69) is 5.16 Å². The molecule has 0 amide bonds. The van der Waals surface area contributed by atoms with E-state index in [1.165, 1.54) is 12.1 Å². The Morgan fingerprint density at radius 1 is 1.47 bits per heavy atom. The van der Waals surface area contributed by atoms with Gasteiger partial charge >= 0.3 is 5.97 Å². The molecule has 3 N–H and O–H groups in total. The van der Waals surface area contributed by atoms with Gasteiger partial charge < -0.3 is 15.4 Å². The molecule has 0 spiro atoms. The molecule has 88 valence electrons. The highest BCUT2D eigenvalue weighted by atomic mass is 19.1. The third-order valence-corrected chi connectivity index (χ3v) is 2.34. The number of aromatic carboxylic acids is 1. The molecule has 0 aliphatic heterocycles. The van der Waals surface area contributed by atoms with Crippen LogP contribution >= 0.6 is 0 Å². The van der Waals surface area contributed by atoms with Crippen LogP contribution in [0.3, 0.4) is 0 Å². The van der Waals surface area contributed by atoms with Gasteiger partial charge in [-0.2, -0.15) is 0 Å². The number of hydrogen-bond donors (Lipinski definition) is 2. The molecule has 0 radical (unpaired) electrons. The highest BCUT2D eigenvalue weighted by molar-refractivity contribution is 5.90. The van der Waals surface area contributed by atoms with E-state index in [1.807, 2.05) is 0 Å². The van der Waals surface area contributed by atoms with E-state index in [1.54, 1.807) is 6.92 Å². The fraction of sp³-hybridized carbons (Fsp3) is 0.0909. The van der Waals surface area contributed by atoms with Gasteiger partial charge in [0.25, 0.3) is 0 Å². The van der Waals surface area contributed by atoms with Crippen LogP contribution in [0.5, 0.6) is 0 Å². The van der Waals surface area contributed by atoms with E-state index < -0.39 is 17.3 Å². The molecular formula is C11H9FN2O3. The van der Waals surface area contributed by atoms with Gasteiger partial charge in [-0.3, -0.25) is 0 Å². The van der Waals surface area contributed by atoms with Gasteiger partial charge in [0.05, 0.1) is 5.56 Å². The zero-order chi connectivity index (χ0) is 12.6. The first-order valence-corrected chi connectivity index (χ1v) is 4.75. The van der Waals surface area contributed by atoms with Gasteiger partial charge in [-0.1, -0.05) is 5.16 Å². The summed E-state index contributed by atoms with van der Waals surface area (Å²) in [5, 5.41) is 12.3. The lowest BCUT2D eigenvalue weighted by Crippen LogP contribution is -2.01. The highest BCUT2D eigenvalue weighted by Gasteiger charge is 2.16. The Kier molecular flexibility index (Phi) is 2.55. The molecule has 0 aliphatic rings. The molecule has 2 rings (SSSR count). The number of nitrogen functional groups attached to an aromatic ring is 1. The Bertz CT molecular complexity index is 592. The van der Waals surface area contributed by atoms with Crippen LogP contribution in [0, 0.1) is 12.7 Å². The number of carboxylic acids is 1. The van der Waals surface area contributed by atoms with Crippen LogP contribution in [0.2, 0.25) is 0 Å². The van der Waals surface area contributed by atoms with Gasteiger partial charge in [-0.25, -0.2) is 9.18 Å². The molecule has 1 heterocycles. The summed E-state index contributed by atoms with van der Waals surface area (Å²) in [6, 6.07) is 3.79. The Labute approximate surface area is 95.6 Å². The molecule has 0 saturated heterocycles. The molecule has 1 aromatic carbocycles. The standard InChI is InChI=1S/C11H9FN2O3/c1-5-2-8(12)7(11(15)16)3-6(5)9-4-10(13)14-17-9/h2-4H,1H3,(H2,13,14)(H,15,16). The lowest BCUT2D eigenvalue weighted by molar-refractivity contribution is 0.0692. The largest absolute Gasteiger partial charge is 0.478 e. The number of aromatic nitrogens is 1. The topological polar surface area (TPSA) is 89.3 Å². The van der Waals surface area contributed by atoms with Crippen molar-refractivity contribution < 1.29 is 18.8 Å². The van der Waals surface area contributed by atoms with E-state index in [9.17, 15) is 9.18 Å². The highest BCUT2D eigenvalue weighted by Crippen LogP contribution is 2.27. The third kappa shape index (κ3) is 1.96. The normalized spacial score (nSPS) is 10.5. The molecule has 5 nitrogen and oxygen atoms in total. The Morgan fingerprint density at radius 2 is 2.18 bits per heavy atom. The number of carbonyl (C=O) groups is 1. The number of nitrogens with zero attached hydrogens (tertiary/aromatic N) is 1. The summed E-state index contributed by atoms with van der Waals surface area (Å²) < 4.78 is 18.3. The molecule has 0 bridgehead atoms. The van der Waals surface area contributed by atoms with E-state index in [-0.39, 0.29) is 5.82 Å². The number of carboxylic acid groups (broad SMARTS) is 1. The average molecular weight is 236 g/mol. The minimum absolute atomic E-state index is 0.181. The first-order chi connectivity index (χ1) is 7.99. The van der Waals surface area contributed by atoms with Crippen LogP contribution in [-0.2, 0) is 0 Å². The molecule has 0 fully saturated rings. The van der Waals surface area contributed by atoms with E-state index >= 15 is 0 Å². The number of hydrogen-bond acceptors (Lipinski definition) is 4. The molecule has 17 heavy (non-hydrogen) atoms. The van der Waals surface area contributed by atoms with Crippen molar-refractivity contribution in [2.45, 2.75) is 6.92 Å². The summed E-state index contributed by atoms with van der Waals surface area (Å²) >= 11 is 0. The Hall–Kier alpha value is -2.37. The number of benzene rings is 1. The maximum Gasteiger partial charge on any atom is 0.338 e. The molecule has 2 aromatic rings. The van der Waals surface area contributed by atoms with Crippen LogP contribution < -0.4 is 5.73 Å². The van der Waals surface area contributed by atoms with E-state index in [0.717, 1.165) is 6.07 Å². The van der Waals surface area contributed by atoms with E-state index in [0.29, 0.717) is 16.9 Å². The second-order valence-electron chi connectivity index (χ2n) is 3.57. The van der Waals surface area contributed by atoms with Crippen LogP contribution in [0.25, 0.3) is 11.3 Å². The minimum atomic E-state index is -1.34. The lowest BCUT2D eigenvalue weighted by atomic mass is 10.0. The first kappa shape index (κ1) is 11.1. The number of halogens is 1. The summed E-state index contributed by atoms with van der Waals surface area (Å²) in [5.74, 6) is -1.63. The fourth-order valence-electron chi connectivity index (χ4n) is 1.52. The van der Waals surface area contributed by atoms with Crippen LogP contribution in [0.4, 0.5) is 10.2 Å². The van der Waals surface area contributed by atoms with Crippen molar-refractivity contribution in [2.24, 2.45) is 0 Å². The maximum atomic E-state index is 13.4. The Morgan fingerprint density at radius 3 is 2.71 bits per heavy atom. The number of rotatable bonds is 2. The summed E-state index contributed by atoms with van der Waals surface area (Å²) in [6.07, 6.45) is 0. The van der Waals surface area contributed by atoms with Crippen molar-refractivity contribution in [3.63, 3.8) is 0 Å². The second kappa shape index (κ2) is 3.89. The minimum Gasteiger partial charge on any atom is -0.478 e. The zero-order valence-corrected chi connectivity index (χ0v) is 8.90. The Balaban J connectivity index is 2.62. The SMILES string of the molecule is Cc1cc(F)c(C(=O)O)cc1-c1cc(N)no1. The van der Waals surface area contributed by atoms with Crippen LogP contribution in [0.15, 0.2) is 22.7 Å². The smallest absolute Gasteiger partial charge is 0.338 e. The van der Waals surface area contributed by atoms with Crippen molar-refractivity contribution in [1.29, 1.82) is 0 Å². The maximum absolute atomic E-state index is 13.4. The molecule has 6 heteroatoms. The van der Waals surface area contributed by atoms with Crippen molar-refractivity contribution in [2.75, 3.05) is 5.73 Å². The van der Waals surface area contributed by atoms with Gasteiger partial charge in [0, 0.05) is 11.6 Å². The van der Waals surface area contributed by atoms with E-state index in [4.69, 9.17) is 15.4 Å². The molecule has 0 atom stereocenters. The van der Waals surface area contributed by atoms with Gasteiger partial charge in [0.1, 0.15) is 5.82 Å². The van der Waals surface area contributed by atoms with Crippen molar-refractivity contribution in [3.8, 4) is 11.3 Å². The zero-order valence-electron chi connectivity index (χ0n) is 8.90. The lowest BCUT2D eigenvalue weighted by Gasteiger charge is -2.04. The predicted molar refractivity (Wildman–Crippen MR) is 58.0 cm³/mol. The first-order valence-electron chi connectivity index (χ1n) is 4.75. The summed E-state index contributed by atoms with van der Waals surface area (Å²) in [5.41, 5.74) is 5.98. The predicted octanol–water partition coefficient (Wildman–Crippen LogP) is 2.07. The molecule has 0 unspecified atom stereocenters. The van der Waals surface area contributed by atoms with Gasteiger partial charge in [0.15, 0.2) is 11.6 Å². The molecule has 1 aromatic heterocycles. The third-order valence-electron chi connectivity index (χ3n) is 2.34. The van der Waals surface area contributed by atoms with Crippen molar-refractivity contribution >= 4 is 11.8 Å². The quantitative estimate of drug-likeness (QED) is 0.833. The van der Waals surface area contributed by atoms with Crippen molar-refractivity contribution in [1.82, 2.24) is 5.16 Å². The van der Waals surface area contributed by atoms with Crippen molar-refractivity contribution in [3.05, 3.63) is 35.1 Å². The molecule has 0 saturated carbocycles. The van der Waals surface area contributed by atoms with Crippen LogP contribution in [0.1, 0.15) is 15.9 Å². The summed E-state index contributed by atoms with van der Waals surface area (Å²) in [6.45, 7) is 1.64. The summed E-state index contributed by atoms with van der Waals surface area (Å²) in [4.78, 5) is 10.8. The number of nitrogens with two attached hydrogens (primary N) is 1. The van der Waals surface area contributed by atoms with Gasteiger partial charge in [-0.15, -0.1) is 0 Å². The number of anilines is 1. The monoisotopic (exact) mass is 236 g/mol.